The lowest BCUT2D eigenvalue weighted by Crippen LogP contribution is -1.83. The van der Waals surface area contributed by atoms with E-state index in [9.17, 15) is 0 Å². The zero-order valence-corrected chi connectivity index (χ0v) is 11.4. The molecule has 1 aromatic carbocycles. The van der Waals surface area contributed by atoms with Crippen LogP contribution in [0.4, 0.5) is 0 Å². The molecule has 3 aromatic rings. The molecule has 4 heteroatoms. The number of fused-ring (bicyclic) bond motifs is 1. The van der Waals surface area contributed by atoms with Crippen LogP contribution in [0, 0.1) is 11.8 Å². The third-order valence-corrected chi connectivity index (χ3v) is 3.05. The average Bonchev–Trinajstić information content (AvgIpc) is 2.89. The van der Waals surface area contributed by atoms with Crippen molar-refractivity contribution in [3.63, 3.8) is 0 Å². The summed E-state index contributed by atoms with van der Waals surface area (Å²) >= 11 is 6.04. The molecule has 0 aliphatic carbocycles. The van der Waals surface area contributed by atoms with Crippen molar-refractivity contribution >= 4 is 22.7 Å². The molecule has 0 saturated carbocycles. The lowest BCUT2D eigenvalue weighted by molar-refractivity contribution is 0.531. The second-order valence-electron chi connectivity index (χ2n) is 4.21. The Labute approximate surface area is 121 Å². The van der Waals surface area contributed by atoms with E-state index in [0.29, 0.717) is 29.3 Å². The Kier molecular flexibility index (Phi) is 3.67. The maximum absolute atomic E-state index is 6.04. The summed E-state index contributed by atoms with van der Waals surface area (Å²) in [5.41, 5.74) is 2.19. The van der Waals surface area contributed by atoms with Crippen LogP contribution in [-0.2, 0) is 6.42 Å². The van der Waals surface area contributed by atoms with Crippen LogP contribution in [0.1, 0.15) is 18.0 Å². The van der Waals surface area contributed by atoms with Gasteiger partial charge in [-0.1, -0.05) is 29.7 Å². The number of nitrogens with zero attached hydrogens (tertiary/aromatic N) is 2. The molecular formula is C16H11ClN2O. The summed E-state index contributed by atoms with van der Waals surface area (Å²) in [4.78, 5) is 8.52. The van der Waals surface area contributed by atoms with Crippen molar-refractivity contribution in [1.29, 1.82) is 0 Å². The molecule has 3 rings (SSSR count). The van der Waals surface area contributed by atoms with Gasteiger partial charge in [0.15, 0.2) is 11.5 Å². The van der Waals surface area contributed by atoms with Crippen LogP contribution in [-0.4, -0.2) is 9.97 Å². The molecule has 0 bridgehead atoms. The Bertz CT molecular complexity index is 784. The summed E-state index contributed by atoms with van der Waals surface area (Å²) in [7, 11) is 0. The predicted octanol–water partition coefficient (Wildman–Crippen LogP) is 3.86. The lowest BCUT2D eigenvalue weighted by Gasteiger charge is -1.89. The van der Waals surface area contributed by atoms with Crippen LogP contribution in [0.25, 0.3) is 11.1 Å². The highest BCUT2D eigenvalue weighted by atomic mass is 35.5. The number of pyridine rings is 1. The van der Waals surface area contributed by atoms with Crippen LogP contribution in [0.15, 0.2) is 47.0 Å². The summed E-state index contributed by atoms with van der Waals surface area (Å²) in [6, 6.07) is 11.2. The minimum absolute atomic E-state index is 0.584. The summed E-state index contributed by atoms with van der Waals surface area (Å²) in [5, 5.41) is 0.584. The summed E-state index contributed by atoms with van der Waals surface area (Å²) in [6.07, 6.45) is 3.05. The zero-order chi connectivity index (χ0) is 13.8. The fourth-order valence-corrected chi connectivity index (χ4v) is 2.04. The standard InChI is InChI=1S/C16H11ClN2O/c17-13-8-5-9-14-16(13)20-15(19-14)10-2-1-6-12-7-3-4-11-18-12/h3-5,7-9,11H,2,10H2. The van der Waals surface area contributed by atoms with E-state index in [1.807, 2.05) is 30.3 Å². The monoisotopic (exact) mass is 282 g/mol. The first-order chi connectivity index (χ1) is 9.83. The largest absolute Gasteiger partial charge is 0.439 e. The van der Waals surface area contributed by atoms with Gasteiger partial charge in [-0.15, -0.1) is 0 Å². The normalized spacial score (nSPS) is 10.2. The molecule has 20 heavy (non-hydrogen) atoms. The summed E-state index contributed by atoms with van der Waals surface area (Å²) in [5.74, 6) is 6.72. The molecule has 0 saturated heterocycles. The van der Waals surface area contributed by atoms with Crippen molar-refractivity contribution in [3.05, 3.63) is 59.2 Å². The highest BCUT2D eigenvalue weighted by Crippen LogP contribution is 2.24. The lowest BCUT2D eigenvalue weighted by atomic mass is 10.3. The van der Waals surface area contributed by atoms with Gasteiger partial charge in [-0.05, 0) is 30.2 Å². The smallest absolute Gasteiger partial charge is 0.196 e. The number of hydrogen-bond donors (Lipinski definition) is 0. The molecule has 0 spiro atoms. The van der Waals surface area contributed by atoms with Gasteiger partial charge in [-0.25, -0.2) is 9.97 Å². The summed E-state index contributed by atoms with van der Waals surface area (Å²) < 4.78 is 5.62. The van der Waals surface area contributed by atoms with Crippen molar-refractivity contribution in [2.24, 2.45) is 0 Å². The minimum atomic E-state index is 0.584. The van der Waals surface area contributed by atoms with E-state index in [1.54, 1.807) is 12.3 Å². The first-order valence-corrected chi connectivity index (χ1v) is 6.64. The van der Waals surface area contributed by atoms with Gasteiger partial charge in [0, 0.05) is 19.0 Å². The number of para-hydroxylation sites is 1. The molecule has 0 radical (unpaired) electrons. The topological polar surface area (TPSA) is 38.9 Å². The maximum Gasteiger partial charge on any atom is 0.196 e. The molecule has 0 unspecified atom stereocenters. The van der Waals surface area contributed by atoms with Gasteiger partial charge in [-0.2, -0.15) is 0 Å². The molecule has 0 N–H and O–H groups in total. The quantitative estimate of drug-likeness (QED) is 0.670. The first-order valence-electron chi connectivity index (χ1n) is 6.27. The van der Waals surface area contributed by atoms with Crippen molar-refractivity contribution < 1.29 is 4.42 Å². The minimum Gasteiger partial charge on any atom is -0.439 e. The molecule has 2 aromatic heterocycles. The van der Waals surface area contributed by atoms with Crippen molar-refractivity contribution in [1.82, 2.24) is 9.97 Å². The van der Waals surface area contributed by atoms with E-state index in [1.165, 1.54) is 0 Å². The molecule has 2 heterocycles. The number of halogens is 1. The molecular weight excluding hydrogens is 272 g/mol. The van der Waals surface area contributed by atoms with Gasteiger partial charge in [0.25, 0.3) is 0 Å². The van der Waals surface area contributed by atoms with Crippen molar-refractivity contribution in [2.75, 3.05) is 0 Å². The number of aryl methyl sites for hydroxylation is 1. The van der Waals surface area contributed by atoms with Gasteiger partial charge in [0.2, 0.25) is 0 Å². The fraction of sp³-hybridized carbons (Fsp3) is 0.125. The Balaban J connectivity index is 1.69. The number of aromatic nitrogens is 2. The SMILES string of the molecule is Clc1cccc2nc(CCC#Cc3ccccn3)oc12. The Morgan fingerprint density at radius 3 is 2.90 bits per heavy atom. The Morgan fingerprint density at radius 2 is 2.10 bits per heavy atom. The van der Waals surface area contributed by atoms with E-state index in [-0.39, 0.29) is 0 Å². The fourth-order valence-electron chi connectivity index (χ4n) is 1.83. The molecule has 0 aliphatic rings. The van der Waals surface area contributed by atoms with Crippen molar-refractivity contribution in [3.8, 4) is 11.8 Å². The first kappa shape index (κ1) is 12.7. The van der Waals surface area contributed by atoms with Crippen LogP contribution in [0.5, 0.6) is 0 Å². The molecule has 98 valence electrons. The molecule has 0 fully saturated rings. The highest BCUT2D eigenvalue weighted by Gasteiger charge is 2.07. The molecule has 3 nitrogen and oxygen atoms in total. The Morgan fingerprint density at radius 1 is 1.15 bits per heavy atom. The molecule has 0 aliphatic heterocycles. The predicted molar refractivity (Wildman–Crippen MR) is 78.5 cm³/mol. The van der Waals surface area contributed by atoms with E-state index >= 15 is 0 Å². The van der Waals surface area contributed by atoms with Gasteiger partial charge >= 0.3 is 0 Å². The van der Waals surface area contributed by atoms with E-state index in [2.05, 4.69) is 21.8 Å². The van der Waals surface area contributed by atoms with Crippen LogP contribution in [0.2, 0.25) is 5.02 Å². The van der Waals surface area contributed by atoms with Gasteiger partial charge in [0.1, 0.15) is 11.2 Å². The van der Waals surface area contributed by atoms with Crippen LogP contribution < -0.4 is 0 Å². The van der Waals surface area contributed by atoms with Gasteiger partial charge in [-0.3, -0.25) is 0 Å². The number of hydrogen-bond acceptors (Lipinski definition) is 3. The van der Waals surface area contributed by atoms with Crippen molar-refractivity contribution in [2.45, 2.75) is 12.8 Å². The van der Waals surface area contributed by atoms with E-state index in [4.69, 9.17) is 16.0 Å². The third kappa shape index (κ3) is 2.81. The number of benzene rings is 1. The van der Waals surface area contributed by atoms with Gasteiger partial charge < -0.3 is 4.42 Å². The Hall–Kier alpha value is -2.31. The second kappa shape index (κ2) is 5.77. The highest BCUT2D eigenvalue weighted by molar-refractivity contribution is 6.34. The molecule has 0 atom stereocenters. The van der Waals surface area contributed by atoms with Gasteiger partial charge in [0.05, 0.1) is 5.02 Å². The van der Waals surface area contributed by atoms with Crippen LogP contribution >= 0.6 is 11.6 Å². The zero-order valence-electron chi connectivity index (χ0n) is 10.6. The second-order valence-corrected chi connectivity index (χ2v) is 4.62. The summed E-state index contributed by atoms with van der Waals surface area (Å²) in [6.45, 7) is 0. The molecule has 0 amide bonds. The average molecular weight is 283 g/mol. The van der Waals surface area contributed by atoms with E-state index in [0.717, 1.165) is 11.2 Å². The third-order valence-electron chi connectivity index (χ3n) is 2.76. The van der Waals surface area contributed by atoms with Crippen LogP contribution in [0.3, 0.4) is 0 Å². The van der Waals surface area contributed by atoms with E-state index < -0.39 is 0 Å². The maximum atomic E-state index is 6.04. The number of oxazole rings is 1. The number of rotatable bonds is 2.